The van der Waals surface area contributed by atoms with Crippen molar-refractivity contribution in [2.24, 2.45) is 0 Å². The smallest absolute Gasteiger partial charge is 0.288 e. The number of hydrogen-bond donors (Lipinski definition) is 1. The number of nitrogens with zero attached hydrogens (tertiary/aromatic N) is 1. The third kappa shape index (κ3) is 5.18. The molecule has 9 heteroatoms. The van der Waals surface area contributed by atoms with Crippen LogP contribution in [0.5, 0.6) is 0 Å². The number of ether oxygens (including phenoxy) is 4. The summed E-state index contributed by atoms with van der Waals surface area (Å²) in [5.74, 6) is -0.516. The summed E-state index contributed by atoms with van der Waals surface area (Å²) in [7, 11) is 0. The number of amides is 1. The molecule has 2 atom stereocenters. The minimum atomic E-state index is -0.728. The van der Waals surface area contributed by atoms with Gasteiger partial charge in [0.2, 0.25) is 6.29 Å². The number of carbonyl (C=O) groups excluding carboxylic acids is 1. The molecule has 2 aliphatic rings. The van der Waals surface area contributed by atoms with Crippen molar-refractivity contribution in [1.82, 2.24) is 4.90 Å². The Balaban J connectivity index is 1.58. The van der Waals surface area contributed by atoms with Crippen LogP contribution in [0.1, 0.15) is 17.9 Å². The van der Waals surface area contributed by atoms with Gasteiger partial charge in [-0.05, 0) is 18.2 Å². The van der Waals surface area contributed by atoms with E-state index in [2.05, 4.69) is 0 Å². The molecule has 1 saturated heterocycles. The Morgan fingerprint density at radius 3 is 2.78 bits per heavy atom. The van der Waals surface area contributed by atoms with Gasteiger partial charge in [0.05, 0.1) is 51.3 Å². The summed E-state index contributed by atoms with van der Waals surface area (Å²) < 4.78 is 27.9. The van der Waals surface area contributed by atoms with Crippen LogP contribution in [0.25, 0.3) is 11.0 Å². The molecule has 1 fully saturated rings. The van der Waals surface area contributed by atoms with Crippen molar-refractivity contribution in [2.75, 3.05) is 52.7 Å². The largest absolute Gasteiger partial charge is 0.464 e. The molecule has 1 aromatic heterocycles. The lowest BCUT2D eigenvalue weighted by Gasteiger charge is -2.32. The van der Waals surface area contributed by atoms with Crippen LogP contribution in [0, 0.1) is 0 Å². The van der Waals surface area contributed by atoms with Crippen LogP contribution >= 0.6 is 0 Å². The molecular formula is C23H27NO8. The third-order valence-corrected chi connectivity index (χ3v) is 5.44. The second-order valence-corrected chi connectivity index (χ2v) is 7.55. The van der Waals surface area contributed by atoms with Crippen molar-refractivity contribution in [3.63, 3.8) is 0 Å². The molecule has 1 N–H and O–H groups in total. The van der Waals surface area contributed by atoms with Crippen molar-refractivity contribution in [1.29, 1.82) is 0 Å². The molecule has 0 unspecified atom stereocenters. The lowest BCUT2D eigenvalue weighted by atomic mass is 9.93. The third-order valence-electron chi connectivity index (χ3n) is 5.44. The lowest BCUT2D eigenvalue weighted by molar-refractivity contribution is -0.158. The Morgan fingerprint density at radius 1 is 1.16 bits per heavy atom. The molecule has 0 saturated carbocycles. The van der Waals surface area contributed by atoms with Gasteiger partial charge in [0.25, 0.3) is 5.91 Å². The second kappa shape index (κ2) is 10.7. The highest BCUT2D eigenvalue weighted by molar-refractivity contribution is 5.92. The van der Waals surface area contributed by atoms with Gasteiger partial charge in [-0.1, -0.05) is 12.1 Å². The molecule has 0 aliphatic carbocycles. The molecule has 32 heavy (non-hydrogen) atoms. The van der Waals surface area contributed by atoms with E-state index in [1.165, 1.54) is 6.26 Å². The highest BCUT2D eigenvalue weighted by atomic mass is 16.7. The summed E-state index contributed by atoms with van der Waals surface area (Å²) in [6.45, 7) is 2.54. The molecule has 1 amide bonds. The molecule has 0 radical (unpaired) electrons. The van der Waals surface area contributed by atoms with Crippen LogP contribution in [0.3, 0.4) is 0 Å². The number of rotatable bonds is 8. The number of benzene rings is 1. The quantitative estimate of drug-likeness (QED) is 0.608. The van der Waals surface area contributed by atoms with Gasteiger partial charge in [-0.25, -0.2) is 0 Å². The van der Waals surface area contributed by atoms with Crippen molar-refractivity contribution in [3.05, 3.63) is 58.2 Å². The summed E-state index contributed by atoms with van der Waals surface area (Å²) in [4.78, 5) is 27.8. The molecule has 0 spiro atoms. The topological polar surface area (TPSA) is 108 Å². The summed E-state index contributed by atoms with van der Waals surface area (Å²) >= 11 is 0. The molecule has 4 rings (SSSR count). The van der Waals surface area contributed by atoms with Crippen LogP contribution < -0.4 is 5.43 Å². The first-order valence-corrected chi connectivity index (χ1v) is 10.7. The van der Waals surface area contributed by atoms with E-state index in [0.717, 1.165) is 0 Å². The fraction of sp³-hybridized carbons (Fsp3) is 0.478. The Labute approximate surface area is 185 Å². The van der Waals surface area contributed by atoms with Gasteiger partial charge in [-0.15, -0.1) is 0 Å². The van der Waals surface area contributed by atoms with Gasteiger partial charge in [0.1, 0.15) is 5.58 Å². The van der Waals surface area contributed by atoms with Crippen molar-refractivity contribution in [2.45, 2.75) is 18.6 Å². The van der Waals surface area contributed by atoms with E-state index in [-0.39, 0.29) is 43.5 Å². The Morgan fingerprint density at radius 2 is 1.97 bits per heavy atom. The number of para-hydroxylation sites is 1. The number of aliphatic hydroxyl groups is 1. The SMILES string of the molecule is O=C(C1=C[C@@H](c2coc3ccccc3c2=O)C[C@@H](OCCOCCO)O1)N1CCOCC1. The van der Waals surface area contributed by atoms with Crippen LogP contribution in [0.2, 0.25) is 0 Å². The van der Waals surface area contributed by atoms with Gasteiger partial charge in [0, 0.05) is 31.0 Å². The summed E-state index contributed by atoms with van der Waals surface area (Å²) in [5.41, 5.74) is 0.818. The maximum atomic E-state index is 13.1. The monoisotopic (exact) mass is 445 g/mol. The molecule has 2 aromatic rings. The Hall–Kier alpha value is -2.72. The van der Waals surface area contributed by atoms with E-state index in [9.17, 15) is 9.59 Å². The lowest BCUT2D eigenvalue weighted by Crippen LogP contribution is -2.43. The van der Waals surface area contributed by atoms with Crippen molar-refractivity contribution >= 4 is 16.9 Å². The summed E-state index contributed by atoms with van der Waals surface area (Å²) in [6, 6.07) is 7.06. The van der Waals surface area contributed by atoms with Crippen LogP contribution in [-0.2, 0) is 23.7 Å². The average Bonchev–Trinajstić information content (AvgIpc) is 2.84. The predicted molar refractivity (Wildman–Crippen MR) is 114 cm³/mol. The fourth-order valence-electron chi connectivity index (χ4n) is 3.80. The van der Waals surface area contributed by atoms with Crippen molar-refractivity contribution < 1.29 is 33.3 Å². The molecular weight excluding hydrogens is 418 g/mol. The second-order valence-electron chi connectivity index (χ2n) is 7.55. The number of allylic oxidation sites excluding steroid dienone is 1. The van der Waals surface area contributed by atoms with E-state index < -0.39 is 12.2 Å². The van der Waals surface area contributed by atoms with Gasteiger partial charge in [-0.2, -0.15) is 0 Å². The summed E-state index contributed by atoms with van der Waals surface area (Å²) in [6.07, 6.45) is 2.76. The zero-order valence-corrected chi connectivity index (χ0v) is 17.7. The van der Waals surface area contributed by atoms with Gasteiger partial charge in [-0.3, -0.25) is 9.59 Å². The molecule has 0 bridgehead atoms. The predicted octanol–water partition coefficient (Wildman–Crippen LogP) is 1.39. The maximum Gasteiger partial charge on any atom is 0.288 e. The minimum Gasteiger partial charge on any atom is -0.464 e. The number of hydrogen-bond acceptors (Lipinski definition) is 8. The number of carbonyl (C=O) groups is 1. The van der Waals surface area contributed by atoms with Crippen molar-refractivity contribution in [3.8, 4) is 0 Å². The molecule has 172 valence electrons. The van der Waals surface area contributed by atoms with Gasteiger partial charge in [0.15, 0.2) is 11.2 Å². The molecule has 3 heterocycles. The fourth-order valence-corrected chi connectivity index (χ4v) is 3.80. The first kappa shape index (κ1) is 22.5. The van der Waals surface area contributed by atoms with Gasteiger partial charge < -0.3 is 33.4 Å². The summed E-state index contributed by atoms with van der Waals surface area (Å²) in [5, 5.41) is 9.30. The number of fused-ring (bicyclic) bond motifs is 1. The highest BCUT2D eigenvalue weighted by Gasteiger charge is 2.33. The van der Waals surface area contributed by atoms with Crippen LogP contribution in [-0.4, -0.2) is 74.9 Å². The van der Waals surface area contributed by atoms with Crippen LogP contribution in [0.15, 0.2) is 51.6 Å². The molecule has 1 aromatic carbocycles. The minimum absolute atomic E-state index is 0.0688. The highest BCUT2D eigenvalue weighted by Crippen LogP contribution is 2.31. The van der Waals surface area contributed by atoms with E-state index in [4.69, 9.17) is 28.5 Å². The standard InChI is InChI=1S/C23H27NO8/c25-7-10-29-11-12-30-21-14-16(13-20(32-21)23(27)24-5-8-28-9-6-24)18-15-31-19-4-2-1-3-17(19)22(18)26/h1-4,13,15-16,21,25H,5-12,14H2/t16-,21+/m1/s1. The van der Waals surface area contributed by atoms with E-state index in [1.807, 2.05) is 0 Å². The number of aliphatic hydroxyl groups excluding tert-OH is 1. The maximum absolute atomic E-state index is 13.1. The molecule has 2 aliphatic heterocycles. The Bertz CT molecular complexity index is 1010. The first-order valence-electron chi connectivity index (χ1n) is 10.7. The number of morpholine rings is 1. The van der Waals surface area contributed by atoms with Gasteiger partial charge >= 0.3 is 0 Å². The zero-order chi connectivity index (χ0) is 22.3. The van der Waals surface area contributed by atoms with E-state index in [0.29, 0.717) is 49.3 Å². The van der Waals surface area contributed by atoms with E-state index >= 15 is 0 Å². The van der Waals surface area contributed by atoms with E-state index in [1.54, 1.807) is 35.2 Å². The molecule has 9 nitrogen and oxygen atoms in total. The van der Waals surface area contributed by atoms with Crippen LogP contribution in [0.4, 0.5) is 0 Å². The average molecular weight is 445 g/mol. The zero-order valence-electron chi connectivity index (χ0n) is 17.7. The first-order chi connectivity index (χ1) is 15.7. The Kier molecular flexibility index (Phi) is 7.54. The normalized spacial score (nSPS) is 21.3.